The molecule has 0 spiro atoms. The van der Waals surface area contributed by atoms with E-state index in [-0.39, 0.29) is 66.3 Å². The van der Waals surface area contributed by atoms with Gasteiger partial charge in [0.25, 0.3) is 0 Å². The van der Waals surface area contributed by atoms with Gasteiger partial charge in [0.05, 0.1) is 6.04 Å². The van der Waals surface area contributed by atoms with E-state index < -0.39 is 24.0 Å². The molecule has 7 nitrogen and oxygen atoms in total. The van der Waals surface area contributed by atoms with Gasteiger partial charge in [0.1, 0.15) is 6.04 Å². The van der Waals surface area contributed by atoms with Crippen LogP contribution in [0, 0.1) is 11.8 Å². The van der Waals surface area contributed by atoms with Crippen molar-refractivity contribution in [3.05, 3.63) is 0 Å². The minimum absolute atomic E-state index is 0. The van der Waals surface area contributed by atoms with Crippen LogP contribution in [0.4, 0.5) is 0 Å². The molecule has 1 aliphatic heterocycles. The first-order chi connectivity index (χ1) is 12.8. The predicted molar refractivity (Wildman–Crippen MR) is 112 cm³/mol. The van der Waals surface area contributed by atoms with Crippen LogP contribution in [0.25, 0.3) is 0 Å². The first kappa shape index (κ1) is 25.7. The summed E-state index contributed by atoms with van der Waals surface area (Å²) in [5.41, 5.74) is 0. The van der Waals surface area contributed by atoms with Gasteiger partial charge in [-0.25, -0.2) is 4.79 Å². The number of thioether (sulfide) groups is 1. The number of amides is 2. The summed E-state index contributed by atoms with van der Waals surface area (Å²) < 4.78 is 0. The molecular weight excluding hydrogens is 408 g/mol. The van der Waals surface area contributed by atoms with Gasteiger partial charge in [-0.1, -0.05) is 37.9 Å². The number of hydrogen-bond donors (Lipinski definition) is 2. The van der Waals surface area contributed by atoms with Crippen LogP contribution in [0.2, 0.25) is 0 Å². The molecule has 0 aromatic rings. The van der Waals surface area contributed by atoms with Crippen LogP contribution in [0.3, 0.4) is 0 Å². The second-order valence-corrected chi connectivity index (χ2v) is 8.65. The summed E-state index contributed by atoms with van der Waals surface area (Å²) in [7, 11) is 0. The SMILES string of the molecule is C[C@H](CSC(=O)[C@@H](C)NC(=O)C1CCCCC1)C(=O)N1CCC[C@H]1C(=O)O.[CaH2]. The van der Waals surface area contributed by atoms with Crippen LogP contribution in [0.15, 0.2) is 0 Å². The molecule has 1 saturated carbocycles. The third-order valence-electron chi connectivity index (χ3n) is 5.41. The Kier molecular flexibility index (Phi) is 11.4. The van der Waals surface area contributed by atoms with E-state index in [4.69, 9.17) is 0 Å². The number of likely N-dealkylation sites (tertiary alicyclic amines) is 1. The Morgan fingerprint density at radius 3 is 2.32 bits per heavy atom. The molecule has 0 aromatic carbocycles. The first-order valence-corrected chi connectivity index (χ1v) is 10.8. The monoisotopic (exact) mass is 440 g/mol. The first-order valence-electron chi connectivity index (χ1n) is 9.81. The molecule has 0 bridgehead atoms. The number of aliphatic carboxylic acids is 1. The van der Waals surface area contributed by atoms with E-state index in [9.17, 15) is 24.3 Å². The summed E-state index contributed by atoms with van der Waals surface area (Å²) in [6.07, 6.45) is 6.21. The van der Waals surface area contributed by atoms with E-state index in [2.05, 4.69) is 5.32 Å². The molecule has 28 heavy (non-hydrogen) atoms. The van der Waals surface area contributed by atoms with Crippen LogP contribution in [-0.2, 0) is 19.2 Å². The van der Waals surface area contributed by atoms with Gasteiger partial charge in [0.15, 0.2) is 0 Å². The van der Waals surface area contributed by atoms with Crippen molar-refractivity contribution in [2.24, 2.45) is 11.8 Å². The Morgan fingerprint density at radius 2 is 1.71 bits per heavy atom. The Bertz CT molecular complexity index is 583. The maximum absolute atomic E-state index is 12.5. The summed E-state index contributed by atoms with van der Waals surface area (Å²) in [5, 5.41) is 11.8. The summed E-state index contributed by atoms with van der Waals surface area (Å²) in [5.74, 6) is -1.41. The van der Waals surface area contributed by atoms with E-state index in [1.54, 1.807) is 13.8 Å². The number of nitrogens with zero attached hydrogens (tertiary/aromatic N) is 1. The van der Waals surface area contributed by atoms with E-state index >= 15 is 0 Å². The van der Waals surface area contributed by atoms with Gasteiger partial charge in [-0.2, -0.15) is 0 Å². The zero-order valence-corrected chi connectivity index (χ0v) is 16.9. The summed E-state index contributed by atoms with van der Waals surface area (Å²) >= 11 is 1.03. The Labute approximate surface area is 200 Å². The molecule has 2 amide bonds. The van der Waals surface area contributed by atoms with Crippen molar-refractivity contribution in [3.63, 3.8) is 0 Å². The molecule has 0 radical (unpaired) electrons. The number of nitrogens with one attached hydrogen (secondary N) is 1. The number of rotatable bonds is 7. The standard InChI is InChI=1S/C19H30N2O5S.Ca.2H/c1-12(17(23)21-10-6-9-15(21)18(24)25)11-27-19(26)13(2)20-16(22)14-7-4-3-5-8-14;;;/h12-15H,3-11H2,1-2H3,(H,20,22)(H,24,25);;;/t12-,13-,15+;;;/m1.../s1. The zero-order valence-electron chi connectivity index (χ0n) is 16.1. The van der Waals surface area contributed by atoms with Gasteiger partial charge in [0.2, 0.25) is 16.9 Å². The van der Waals surface area contributed by atoms with Gasteiger partial charge in [0, 0.05) is 24.1 Å². The second kappa shape index (κ2) is 12.4. The van der Waals surface area contributed by atoms with Gasteiger partial charge >= 0.3 is 43.7 Å². The molecule has 2 rings (SSSR count). The van der Waals surface area contributed by atoms with Gasteiger partial charge < -0.3 is 15.3 Å². The van der Waals surface area contributed by atoms with Gasteiger partial charge in [-0.05, 0) is 32.6 Å². The van der Waals surface area contributed by atoms with Crippen molar-refractivity contribution in [1.82, 2.24) is 10.2 Å². The summed E-state index contributed by atoms with van der Waals surface area (Å²) in [4.78, 5) is 49.7. The van der Waals surface area contributed by atoms with Crippen molar-refractivity contribution >= 4 is 72.4 Å². The molecule has 1 aliphatic carbocycles. The van der Waals surface area contributed by atoms with Crippen molar-refractivity contribution in [2.45, 2.75) is 70.9 Å². The van der Waals surface area contributed by atoms with Crippen molar-refractivity contribution in [1.29, 1.82) is 0 Å². The van der Waals surface area contributed by atoms with Crippen LogP contribution < -0.4 is 5.32 Å². The number of carboxylic acids is 1. The molecule has 0 unspecified atom stereocenters. The number of carboxylic acid groups (broad SMARTS) is 1. The van der Waals surface area contributed by atoms with E-state index in [1.807, 2.05) is 0 Å². The second-order valence-electron chi connectivity index (χ2n) is 7.62. The molecule has 2 aliphatic rings. The molecule has 156 valence electrons. The molecule has 1 heterocycles. The fraction of sp³-hybridized carbons (Fsp3) is 0.789. The van der Waals surface area contributed by atoms with Crippen LogP contribution in [0.5, 0.6) is 0 Å². The fourth-order valence-electron chi connectivity index (χ4n) is 3.73. The normalized spacial score (nSPS) is 22.1. The summed E-state index contributed by atoms with van der Waals surface area (Å²) in [6, 6.07) is -1.35. The van der Waals surface area contributed by atoms with Gasteiger partial charge in [-0.3, -0.25) is 14.4 Å². The topological polar surface area (TPSA) is 104 Å². The van der Waals surface area contributed by atoms with Crippen molar-refractivity contribution in [2.75, 3.05) is 12.3 Å². The number of carbonyl (C=O) groups is 4. The number of carbonyl (C=O) groups excluding carboxylic acids is 3. The minimum atomic E-state index is -0.976. The average Bonchev–Trinajstić information content (AvgIpc) is 3.15. The Morgan fingerprint density at radius 1 is 1.07 bits per heavy atom. The average molecular weight is 441 g/mol. The van der Waals surface area contributed by atoms with Gasteiger partial charge in [-0.15, -0.1) is 0 Å². The Balaban J connectivity index is 0.00000392. The fourth-order valence-corrected chi connectivity index (χ4v) is 4.59. The quantitative estimate of drug-likeness (QED) is 0.575. The third-order valence-corrected chi connectivity index (χ3v) is 6.71. The van der Waals surface area contributed by atoms with Crippen molar-refractivity contribution in [3.8, 4) is 0 Å². The molecular formula is C19H32CaN2O5S. The maximum atomic E-state index is 12.5. The molecule has 2 N–H and O–H groups in total. The zero-order chi connectivity index (χ0) is 20.0. The molecule has 2 fully saturated rings. The van der Waals surface area contributed by atoms with E-state index in [0.29, 0.717) is 19.4 Å². The van der Waals surface area contributed by atoms with E-state index in [1.165, 1.54) is 11.3 Å². The Hall–Kier alpha value is -0.310. The van der Waals surface area contributed by atoms with Crippen LogP contribution in [-0.4, -0.2) is 95.0 Å². The third kappa shape index (κ3) is 7.18. The molecule has 0 aromatic heterocycles. The molecule has 9 heteroatoms. The van der Waals surface area contributed by atoms with Crippen LogP contribution in [0.1, 0.15) is 58.8 Å². The molecule has 3 atom stereocenters. The molecule has 1 saturated heterocycles. The van der Waals surface area contributed by atoms with Crippen LogP contribution >= 0.6 is 11.8 Å². The van der Waals surface area contributed by atoms with E-state index in [0.717, 1.165) is 37.4 Å². The summed E-state index contributed by atoms with van der Waals surface area (Å²) in [6.45, 7) is 3.83. The number of hydrogen-bond acceptors (Lipinski definition) is 5. The predicted octanol–water partition coefficient (Wildman–Crippen LogP) is 1.13. The van der Waals surface area contributed by atoms with Crippen molar-refractivity contribution < 1.29 is 24.3 Å².